The van der Waals surface area contributed by atoms with E-state index in [2.05, 4.69) is 15.3 Å². The molecule has 0 saturated heterocycles. The van der Waals surface area contributed by atoms with Gasteiger partial charge in [0.15, 0.2) is 11.2 Å². The summed E-state index contributed by atoms with van der Waals surface area (Å²) < 4.78 is 7.66. The Kier molecular flexibility index (Phi) is 6.24. The van der Waals surface area contributed by atoms with Crippen molar-refractivity contribution in [3.63, 3.8) is 0 Å². The summed E-state index contributed by atoms with van der Waals surface area (Å²) in [6, 6.07) is 8.39. The fraction of sp³-hybridized carbons (Fsp3) is 0.276. The summed E-state index contributed by atoms with van der Waals surface area (Å²) in [5, 5.41) is 3.75. The van der Waals surface area contributed by atoms with Crippen LogP contribution >= 0.6 is 23.2 Å². The Morgan fingerprint density at radius 2 is 1.80 bits per heavy atom. The molecule has 5 heterocycles. The highest BCUT2D eigenvalue weighted by atomic mass is 35.5. The fourth-order valence-electron chi connectivity index (χ4n) is 5.73. The number of hydrogen-bond donors (Lipinski definition) is 1. The largest absolute Gasteiger partial charge is 0.496 e. The molecule has 0 bridgehead atoms. The van der Waals surface area contributed by atoms with Gasteiger partial charge in [-0.1, -0.05) is 29.3 Å². The minimum atomic E-state index is -1.61. The lowest BCUT2D eigenvalue weighted by Gasteiger charge is -2.36. The summed E-state index contributed by atoms with van der Waals surface area (Å²) in [6.45, 7) is 5.72. The molecule has 0 fully saturated rings. The quantitative estimate of drug-likeness (QED) is 0.328. The number of halogens is 2. The summed E-state index contributed by atoms with van der Waals surface area (Å²) in [5.41, 5.74) is 1.57. The molecule has 1 spiro atoms. The zero-order valence-electron chi connectivity index (χ0n) is 23.3. The van der Waals surface area contributed by atoms with E-state index in [0.717, 1.165) is 0 Å². The minimum Gasteiger partial charge on any atom is -0.496 e. The van der Waals surface area contributed by atoms with E-state index < -0.39 is 17.4 Å². The third-order valence-electron chi connectivity index (χ3n) is 7.50. The number of nitrogens with zero attached hydrogens (tertiary/aromatic N) is 6. The van der Waals surface area contributed by atoms with Crippen LogP contribution in [0.25, 0.3) is 11.4 Å². The van der Waals surface area contributed by atoms with Crippen LogP contribution in [0.2, 0.25) is 10.0 Å². The summed E-state index contributed by atoms with van der Waals surface area (Å²) in [7, 11) is 5.34. The summed E-state index contributed by atoms with van der Waals surface area (Å²) >= 11 is 12.7. The number of imidazole rings is 1. The highest BCUT2D eigenvalue weighted by Crippen LogP contribution is 2.55. The smallest absolute Gasteiger partial charge is 0.280 e. The second-order valence-electron chi connectivity index (χ2n) is 10.5. The molecule has 1 unspecified atom stereocenters. The van der Waals surface area contributed by atoms with Gasteiger partial charge in [-0.25, -0.2) is 9.97 Å². The topological polar surface area (TPSA) is 105 Å². The minimum absolute atomic E-state index is 0.143. The first kappa shape index (κ1) is 27.0. The molecular formula is C29H27Cl2N7O3. The van der Waals surface area contributed by atoms with Gasteiger partial charge >= 0.3 is 0 Å². The molecule has 4 aromatic rings. The SMILES string of the molecule is COc1cc(N(C)C)ncc1-c1nc2c(n1C(C)C)C1(C(=O)Nc3cc(Cl)ccc31)N(c1cc(Cl)cnc1C)C2=O. The number of carbonyl (C=O) groups excluding carboxylic acids is 2. The molecule has 10 nitrogen and oxygen atoms in total. The zero-order chi connectivity index (χ0) is 29.4. The molecule has 0 saturated carbocycles. The second kappa shape index (κ2) is 9.46. The van der Waals surface area contributed by atoms with Crippen molar-refractivity contribution in [1.29, 1.82) is 0 Å². The highest BCUT2D eigenvalue weighted by Gasteiger charge is 2.64. The maximum atomic E-state index is 14.5. The average Bonchev–Trinajstić information content (AvgIpc) is 3.53. The number of rotatable bonds is 5. The maximum absolute atomic E-state index is 14.5. The molecule has 1 aromatic carbocycles. The number of carbonyl (C=O) groups is 2. The molecule has 6 rings (SSSR count). The first-order valence-corrected chi connectivity index (χ1v) is 13.7. The van der Waals surface area contributed by atoms with Gasteiger partial charge in [0.1, 0.15) is 17.4 Å². The van der Waals surface area contributed by atoms with Crippen LogP contribution in [0.1, 0.15) is 47.3 Å². The van der Waals surface area contributed by atoms with E-state index >= 15 is 0 Å². The molecule has 1 N–H and O–H groups in total. The number of pyridine rings is 2. The van der Waals surface area contributed by atoms with Crippen LogP contribution in [0.4, 0.5) is 17.2 Å². The summed E-state index contributed by atoms with van der Waals surface area (Å²) in [5.74, 6) is 0.823. The van der Waals surface area contributed by atoms with Crippen LogP contribution < -0.4 is 19.9 Å². The number of ether oxygens (including phenoxy) is 1. The number of aryl methyl sites for hydroxylation is 1. The van der Waals surface area contributed by atoms with E-state index in [1.54, 1.807) is 44.5 Å². The van der Waals surface area contributed by atoms with Gasteiger partial charge in [-0.3, -0.25) is 19.5 Å². The molecule has 210 valence electrons. The lowest BCUT2D eigenvalue weighted by atomic mass is 9.87. The number of methoxy groups -OCH3 is 1. The monoisotopic (exact) mass is 591 g/mol. The summed E-state index contributed by atoms with van der Waals surface area (Å²) in [6.07, 6.45) is 3.18. The molecular weight excluding hydrogens is 565 g/mol. The van der Waals surface area contributed by atoms with E-state index in [9.17, 15) is 9.59 Å². The third kappa shape index (κ3) is 3.74. The molecule has 2 aliphatic heterocycles. The number of aromatic nitrogens is 4. The van der Waals surface area contributed by atoms with Crippen molar-refractivity contribution >= 4 is 52.2 Å². The van der Waals surface area contributed by atoms with E-state index in [0.29, 0.717) is 61.3 Å². The molecule has 2 amide bonds. The van der Waals surface area contributed by atoms with Crippen molar-refractivity contribution in [3.8, 4) is 17.1 Å². The fourth-order valence-corrected chi connectivity index (χ4v) is 6.06. The van der Waals surface area contributed by atoms with Gasteiger partial charge < -0.3 is 19.5 Å². The predicted octanol–water partition coefficient (Wildman–Crippen LogP) is 5.47. The Morgan fingerprint density at radius 1 is 1.05 bits per heavy atom. The number of benzene rings is 1. The number of amides is 2. The van der Waals surface area contributed by atoms with Crippen LogP contribution in [-0.2, 0) is 10.3 Å². The van der Waals surface area contributed by atoms with Gasteiger partial charge in [-0.15, -0.1) is 0 Å². The highest BCUT2D eigenvalue weighted by molar-refractivity contribution is 6.32. The van der Waals surface area contributed by atoms with Gasteiger partial charge in [0.05, 0.1) is 34.8 Å². The Bertz CT molecular complexity index is 1770. The van der Waals surface area contributed by atoms with Crippen molar-refractivity contribution in [1.82, 2.24) is 19.5 Å². The molecule has 2 aliphatic rings. The maximum Gasteiger partial charge on any atom is 0.280 e. The van der Waals surface area contributed by atoms with Crippen molar-refractivity contribution in [2.45, 2.75) is 32.4 Å². The summed E-state index contributed by atoms with van der Waals surface area (Å²) in [4.78, 5) is 46.0. The van der Waals surface area contributed by atoms with E-state index in [1.807, 2.05) is 43.5 Å². The third-order valence-corrected chi connectivity index (χ3v) is 7.94. The standard InChI is InChI=1S/C29H27Cl2N7O3/c1-14(2)37-25-24(35-26(37)18-13-33-23(36(4)5)11-22(18)41-6)27(39)38(21-10-17(31)12-32-15(21)3)29(25)19-8-7-16(30)9-20(19)34-28(29)40/h7-14H,1-6H3,(H,34,40). The van der Waals surface area contributed by atoms with Crippen molar-refractivity contribution in [2.24, 2.45) is 0 Å². The molecule has 12 heteroatoms. The molecule has 3 aromatic heterocycles. The Balaban J connectivity index is 1.72. The first-order chi connectivity index (χ1) is 19.5. The van der Waals surface area contributed by atoms with Gasteiger partial charge in [0.2, 0.25) is 0 Å². The normalized spacial score (nSPS) is 17.3. The number of fused-ring (bicyclic) bond motifs is 4. The van der Waals surface area contributed by atoms with Crippen LogP contribution in [0.15, 0.2) is 42.7 Å². The van der Waals surface area contributed by atoms with Gasteiger partial charge in [-0.05, 0) is 39.0 Å². The average molecular weight is 592 g/mol. The van der Waals surface area contributed by atoms with Gasteiger partial charge in [-0.2, -0.15) is 0 Å². The zero-order valence-corrected chi connectivity index (χ0v) is 24.8. The molecule has 1 atom stereocenters. The first-order valence-electron chi connectivity index (χ1n) is 12.9. The molecule has 41 heavy (non-hydrogen) atoms. The van der Waals surface area contributed by atoms with Crippen molar-refractivity contribution < 1.29 is 14.3 Å². The van der Waals surface area contributed by atoms with Gasteiger partial charge in [0.25, 0.3) is 11.8 Å². The Labute approximate surface area is 246 Å². The second-order valence-corrected chi connectivity index (χ2v) is 11.4. The Hall–Kier alpha value is -4.15. The van der Waals surface area contributed by atoms with Crippen molar-refractivity contribution in [3.05, 3.63) is 75.4 Å². The van der Waals surface area contributed by atoms with E-state index in [-0.39, 0.29) is 11.7 Å². The van der Waals surface area contributed by atoms with E-state index in [1.165, 1.54) is 11.1 Å². The van der Waals surface area contributed by atoms with E-state index in [4.69, 9.17) is 32.9 Å². The molecule has 0 radical (unpaired) electrons. The number of anilines is 3. The lowest BCUT2D eigenvalue weighted by molar-refractivity contribution is -0.119. The van der Waals surface area contributed by atoms with Crippen LogP contribution in [0.5, 0.6) is 5.75 Å². The Morgan fingerprint density at radius 3 is 2.49 bits per heavy atom. The molecule has 0 aliphatic carbocycles. The van der Waals surface area contributed by atoms with Crippen LogP contribution in [0, 0.1) is 6.92 Å². The van der Waals surface area contributed by atoms with Crippen LogP contribution in [0.3, 0.4) is 0 Å². The predicted molar refractivity (Wildman–Crippen MR) is 158 cm³/mol. The van der Waals surface area contributed by atoms with Crippen LogP contribution in [-0.4, -0.2) is 52.5 Å². The van der Waals surface area contributed by atoms with Gasteiger partial charge in [0, 0.05) is 54.9 Å². The number of hydrogen-bond acceptors (Lipinski definition) is 7. The van der Waals surface area contributed by atoms with Crippen molar-refractivity contribution in [2.75, 3.05) is 36.3 Å². The lowest BCUT2D eigenvalue weighted by Crippen LogP contribution is -2.51. The number of nitrogens with one attached hydrogen (secondary N) is 1.